The molecular weight excluding hydrogens is 319 g/mol. The molecule has 0 N–H and O–H groups in total. The number of hydrogen-bond donors (Lipinski definition) is 0. The molecule has 2 aromatic rings. The lowest BCUT2D eigenvalue weighted by Crippen LogP contribution is -2.22. The maximum Gasteiger partial charge on any atom is 0.188 e. The normalized spacial score (nSPS) is 13.8. The summed E-state index contributed by atoms with van der Waals surface area (Å²) < 4.78 is 10.8. The third-order valence-corrected chi connectivity index (χ3v) is 6.12. The van der Waals surface area contributed by atoms with Gasteiger partial charge in [0.05, 0.1) is 0 Å². The first-order chi connectivity index (χ1) is 11.5. The Balaban J connectivity index is 2.41. The van der Waals surface area contributed by atoms with Gasteiger partial charge in [0.25, 0.3) is 0 Å². The standard InChI is InChI=1S/C20H25O3P/c1-5-20(3,17-11-7-8-12-18(17)23-14-22-4)24-19-13-9-6-10-16(19)15(2)21/h6-13,24H,5,14H2,1-4H3. The molecule has 0 heterocycles. The van der Waals surface area contributed by atoms with E-state index in [0.717, 1.165) is 28.6 Å². The Kier molecular flexibility index (Phi) is 6.53. The van der Waals surface area contributed by atoms with E-state index in [9.17, 15) is 4.79 Å². The smallest absolute Gasteiger partial charge is 0.188 e. The van der Waals surface area contributed by atoms with Crippen molar-refractivity contribution in [1.82, 2.24) is 0 Å². The minimum atomic E-state index is -0.101. The molecule has 2 rings (SSSR count). The maximum atomic E-state index is 11.9. The van der Waals surface area contributed by atoms with E-state index in [1.54, 1.807) is 14.0 Å². The molecule has 3 nitrogen and oxygen atoms in total. The third-order valence-electron chi connectivity index (χ3n) is 4.24. The fraction of sp³-hybridized carbons (Fsp3) is 0.350. The van der Waals surface area contributed by atoms with Crippen LogP contribution in [0.3, 0.4) is 0 Å². The Morgan fingerprint density at radius 3 is 2.46 bits per heavy atom. The van der Waals surface area contributed by atoms with Crippen molar-refractivity contribution in [3.8, 4) is 5.75 Å². The van der Waals surface area contributed by atoms with E-state index in [4.69, 9.17) is 9.47 Å². The van der Waals surface area contributed by atoms with Crippen molar-refractivity contribution < 1.29 is 14.3 Å². The second-order valence-electron chi connectivity index (χ2n) is 5.96. The Labute approximate surface area is 146 Å². The van der Waals surface area contributed by atoms with Crippen LogP contribution in [0.15, 0.2) is 48.5 Å². The summed E-state index contributed by atoms with van der Waals surface area (Å²) in [6.07, 6.45) is 0.949. The van der Waals surface area contributed by atoms with Gasteiger partial charge in [-0.25, -0.2) is 0 Å². The van der Waals surface area contributed by atoms with Crippen LogP contribution in [0.1, 0.15) is 43.1 Å². The van der Waals surface area contributed by atoms with E-state index in [0.29, 0.717) is 8.58 Å². The van der Waals surface area contributed by atoms with Gasteiger partial charge >= 0.3 is 0 Å². The van der Waals surface area contributed by atoms with Gasteiger partial charge in [-0.15, -0.1) is 0 Å². The molecule has 0 saturated heterocycles. The van der Waals surface area contributed by atoms with Crippen LogP contribution < -0.4 is 10.0 Å². The fourth-order valence-corrected chi connectivity index (χ4v) is 4.40. The van der Waals surface area contributed by atoms with Crippen molar-refractivity contribution in [3.63, 3.8) is 0 Å². The number of Topliss-reactive ketones (excluding diaryl/α,β-unsaturated/α-hetero) is 1. The summed E-state index contributed by atoms with van der Waals surface area (Å²) in [5, 5.41) is 1.01. The monoisotopic (exact) mass is 344 g/mol. The second-order valence-corrected chi connectivity index (χ2v) is 7.85. The van der Waals surface area contributed by atoms with Gasteiger partial charge in [0.1, 0.15) is 5.75 Å². The topological polar surface area (TPSA) is 35.5 Å². The number of ketones is 1. The highest BCUT2D eigenvalue weighted by Gasteiger charge is 2.29. The van der Waals surface area contributed by atoms with Crippen LogP contribution in [0.2, 0.25) is 0 Å². The number of carbonyl (C=O) groups is 1. The number of hydrogen-bond acceptors (Lipinski definition) is 3. The zero-order valence-corrected chi connectivity index (χ0v) is 15.8. The molecule has 2 atom stereocenters. The number of rotatable bonds is 8. The molecule has 0 aliphatic heterocycles. The van der Waals surface area contributed by atoms with Gasteiger partial charge < -0.3 is 9.47 Å². The van der Waals surface area contributed by atoms with E-state index in [-0.39, 0.29) is 17.7 Å². The summed E-state index contributed by atoms with van der Waals surface area (Å²) in [5.74, 6) is 0.956. The van der Waals surface area contributed by atoms with Gasteiger partial charge in [-0.3, -0.25) is 4.79 Å². The van der Waals surface area contributed by atoms with E-state index in [2.05, 4.69) is 26.0 Å². The number of carbonyl (C=O) groups excluding carboxylic acids is 1. The molecule has 128 valence electrons. The largest absolute Gasteiger partial charge is 0.467 e. The van der Waals surface area contributed by atoms with Crippen LogP contribution in [0.4, 0.5) is 0 Å². The number of benzene rings is 2. The first kappa shape index (κ1) is 18.6. The minimum Gasteiger partial charge on any atom is -0.467 e. The summed E-state index contributed by atoms with van der Waals surface area (Å²) in [4.78, 5) is 11.9. The predicted octanol–water partition coefficient (Wildman–Crippen LogP) is 4.50. The lowest BCUT2D eigenvalue weighted by atomic mass is 9.96. The van der Waals surface area contributed by atoms with E-state index in [1.807, 2.05) is 36.4 Å². The van der Waals surface area contributed by atoms with Crippen LogP contribution in [0.5, 0.6) is 5.75 Å². The zero-order valence-electron chi connectivity index (χ0n) is 14.8. The van der Waals surface area contributed by atoms with Crippen LogP contribution >= 0.6 is 8.58 Å². The molecule has 2 unspecified atom stereocenters. The lowest BCUT2D eigenvalue weighted by molar-refractivity contribution is 0.0500. The van der Waals surface area contributed by atoms with E-state index in [1.165, 1.54) is 0 Å². The van der Waals surface area contributed by atoms with Crippen LogP contribution in [-0.4, -0.2) is 19.7 Å². The average molecular weight is 344 g/mol. The predicted molar refractivity (Wildman–Crippen MR) is 101 cm³/mol. The quantitative estimate of drug-likeness (QED) is 0.402. The summed E-state index contributed by atoms with van der Waals surface area (Å²) in [7, 11) is 2.09. The average Bonchev–Trinajstić information content (AvgIpc) is 2.60. The SMILES string of the molecule is CCC(C)(Pc1ccccc1C(C)=O)c1ccccc1OCOC. The molecule has 0 bridgehead atoms. The lowest BCUT2D eigenvalue weighted by Gasteiger charge is -2.31. The molecule has 2 aromatic carbocycles. The summed E-state index contributed by atoms with van der Waals surface area (Å²) in [6, 6.07) is 16.0. The molecule has 4 heteroatoms. The number of methoxy groups -OCH3 is 1. The Hall–Kier alpha value is -1.70. The number of ether oxygens (including phenoxy) is 2. The molecule has 0 aromatic heterocycles. The maximum absolute atomic E-state index is 11.9. The fourth-order valence-electron chi connectivity index (χ4n) is 2.71. The first-order valence-corrected chi connectivity index (χ1v) is 9.11. The van der Waals surface area contributed by atoms with Crippen LogP contribution in [0.25, 0.3) is 0 Å². The highest BCUT2D eigenvalue weighted by atomic mass is 31.1. The molecule has 0 aliphatic rings. The molecule has 0 aliphatic carbocycles. The third kappa shape index (κ3) is 4.23. The van der Waals surface area contributed by atoms with Gasteiger partial charge in [-0.1, -0.05) is 64.9 Å². The van der Waals surface area contributed by atoms with E-state index >= 15 is 0 Å². The molecule has 0 spiro atoms. The molecule has 0 amide bonds. The number of para-hydroxylation sites is 1. The Bertz CT molecular complexity index is 699. The van der Waals surface area contributed by atoms with Crippen LogP contribution in [-0.2, 0) is 9.89 Å². The van der Waals surface area contributed by atoms with Crippen molar-refractivity contribution in [3.05, 3.63) is 59.7 Å². The van der Waals surface area contributed by atoms with Gasteiger partial charge in [0.2, 0.25) is 0 Å². The summed E-state index contributed by atoms with van der Waals surface area (Å²) in [6.45, 7) is 6.26. The van der Waals surface area contributed by atoms with Crippen molar-refractivity contribution >= 4 is 19.7 Å². The summed E-state index contributed by atoms with van der Waals surface area (Å²) >= 11 is 0. The molecular formula is C20H25O3P. The minimum absolute atomic E-state index is 0.101. The molecule has 0 radical (unpaired) electrons. The molecule has 0 saturated carbocycles. The molecule has 0 fully saturated rings. The van der Waals surface area contributed by atoms with Gasteiger partial charge in [0.15, 0.2) is 12.6 Å². The van der Waals surface area contributed by atoms with Crippen LogP contribution in [0, 0.1) is 0 Å². The highest BCUT2D eigenvalue weighted by Crippen LogP contribution is 2.47. The van der Waals surface area contributed by atoms with Crippen molar-refractivity contribution in [2.24, 2.45) is 0 Å². The first-order valence-electron chi connectivity index (χ1n) is 8.11. The Morgan fingerprint density at radius 1 is 1.12 bits per heavy atom. The van der Waals surface area contributed by atoms with Crippen molar-refractivity contribution in [2.75, 3.05) is 13.9 Å². The zero-order chi connectivity index (χ0) is 17.6. The summed E-state index contributed by atoms with van der Waals surface area (Å²) in [5.41, 5.74) is 1.96. The van der Waals surface area contributed by atoms with Gasteiger partial charge in [0, 0.05) is 23.4 Å². The second kappa shape index (κ2) is 8.41. The Morgan fingerprint density at radius 2 is 1.79 bits per heavy atom. The van der Waals surface area contributed by atoms with Crippen molar-refractivity contribution in [2.45, 2.75) is 32.3 Å². The highest BCUT2D eigenvalue weighted by molar-refractivity contribution is 7.48. The van der Waals surface area contributed by atoms with Gasteiger partial charge in [-0.2, -0.15) is 0 Å². The van der Waals surface area contributed by atoms with Crippen molar-refractivity contribution in [1.29, 1.82) is 0 Å². The van der Waals surface area contributed by atoms with E-state index < -0.39 is 0 Å². The van der Waals surface area contributed by atoms with Gasteiger partial charge in [-0.05, 0) is 24.7 Å². The molecule has 24 heavy (non-hydrogen) atoms.